The van der Waals surface area contributed by atoms with Gasteiger partial charge in [-0.1, -0.05) is 25.7 Å². The zero-order chi connectivity index (χ0) is 12.1. The van der Waals surface area contributed by atoms with Gasteiger partial charge in [-0.05, 0) is 40.2 Å². The molecular formula is C13H18BrNOS. The number of hydrogen-bond acceptors (Lipinski definition) is 2. The lowest BCUT2D eigenvalue weighted by Crippen LogP contribution is -2.29. The quantitative estimate of drug-likeness (QED) is 0.836. The fourth-order valence-electron chi connectivity index (χ4n) is 2.30. The Balaban J connectivity index is 1.82. The summed E-state index contributed by atoms with van der Waals surface area (Å²) in [5, 5.41) is 5.10. The molecular weight excluding hydrogens is 298 g/mol. The van der Waals surface area contributed by atoms with Crippen molar-refractivity contribution in [2.24, 2.45) is 5.92 Å². The van der Waals surface area contributed by atoms with E-state index in [-0.39, 0.29) is 11.8 Å². The Bertz CT molecular complexity index is 369. The Morgan fingerprint density at radius 2 is 2.06 bits per heavy atom. The molecule has 1 aliphatic carbocycles. The maximum atomic E-state index is 12.0. The van der Waals surface area contributed by atoms with Crippen molar-refractivity contribution in [2.75, 3.05) is 0 Å². The molecule has 1 saturated carbocycles. The largest absolute Gasteiger partial charge is 0.351 e. The second-order valence-corrected chi connectivity index (χ2v) is 6.45. The van der Waals surface area contributed by atoms with E-state index in [4.69, 9.17) is 0 Å². The lowest BCUT2D eigenvalue weighted by atomic mass is 9.99. The third-order valence-corrected chi connectivity index (χ3v) is 5.27. The van der Waals surface area contributed by atoms with Crippen molar-refractivity contribution in [1.82, 2.24) is 5.32 Å². The van der Waals surface area contributed by atoms with Crippen LogP contribution in [0.25, 0.3) is 0 Å². The highest BCUT2D eigenvalue weighted by Crippen LogP contribution is 2.24. The number of nitrogens with one attached hydrogen (secondary N) is 1. The zero-order valence-electron chi connectivity index (χ0n) is 9.88. The summed E-state index contributed by atoms with van der Waals surface area (Å²) in [7, 11) is 0. The standard InChI is InChI=1S/C13H18BrNOS/c14-11-7-8-17-12(11)9-15-13(16)10-5-3-1-2-4-6-10/h7-8,10H,1-6,9H2,(H,15,16). The SMILES string of the molecule is O=C(NCc1sccc1Br)C1CCCCCC1. The molecule has 0 bridgehead atoms. The van der Waals surface area contributed by atoms with Crippen LogP contribution in [0.3, 0.4) is 0 Å². The second-order valence-electron chi connectivity index (χ2n) is 4.60. The second kappa shape index (κ2) is 6.55. The van der Waals surface area contributed by atoms with Crippen molar-refractivity contribution in [2.45, 2.75) is 45.1 Å². The lowest BCUT2D eigenvalue weighted by molar-refractivity contribution is -0.125. The summed E-state index contributed by atoms with van der Waals surface area (Å²) in [4.78, 5) is 13.2. The molecule has 1 aliphatic rings. The molecule has 0 spiro atoms. The molecule has 1 fully saturated rings. The molecule has 0 aliphatic heterocycles. The number of carbonyl (C=O) groups is 1. The van der Waals surface area contributed by atoms with E-state index in [9.17, 15) is 4.79 Å². The summed E-state index contributed by atoms with van der Waals surface area (Å²) < 4.78 is 1.10. The normalized spacial score (nSPS) is 17.7. The van der Waals surface area contributed by atoms with Crippen molar-refractivity contribution >= 4 is 33.2 Å². The van der Waals surface area contributed by atoms with Gasteiger partial charge in [0.05, 0.1) is 6.54 Å². The topological polar surface area (TPSA) is 29.1 Å². The summed E-state index contributed by atoms with van der Waals surface area (Å²) in [6.07, 6.45) is 7.14. The number of halogens is 1. The van der Waals surface area contributed by atoms with Crippen LogP contribution in [0.15, 0.2) is 15.9 Å². The molecule has 4 heteroatoms. The molecule has 1 aromatic heterocycles. The monoisotopic (exact) mass is 315 g/mol. The smallest absolute Gasteiger partial charge is 0.223 e. The first-order valence-corrected chi connectivity index (χ1v) is 7.94. The predicted molar refractivity (Wildman–Crippen MR) is 75.1 cm³/mol. The van der Waals surface area contributed by atoms with Crippen molar-refractivity contribution in [3.05, 3.63) is 20.8 Å². The van der Waals surface area contributed by atoms with Crippen LogP contribution in [-0.4, -0.2) is 5.91 Å². The average Bonchev–Trinajstić information content (AvgIpc) is 2.58. The first kappa shape index (κ1) is 13.1. The van der Waals surface area contributed by atoms with Gasteiger partial charge in [0.15, 0.2) is 0 Å². The van der Waals surface area contributed by atoms with Crippen LogP contribution in [0.5, 0.6) is 0 Å². The van der Waals surface area contributed by atoms with Crippen LogP contribution in [0, 0.1) is 5.92 Å². The molecule has 1 amide bonds. The molecule has 2 nitrogen and oxygen atoms in total. The van der Waals surface area contributed by atoms with Crippen LogP contribution >= 0.6 is 27.3 Å². The third kappa shape index (κ3) is 3.81. The van der Waals surface area contributed by atoms with Crippen LogP contribution < -0.4 is 5.32 Å². The van der Waals surface area contributed by atoms with E-state index < -0.39 is 0 Å². The number of thiophene rings is 1. The fraction of sp³-hybridized carbons (Fsp3) is 0.615. The van der Waals surface area contributed by atoms with E-state index in [1.165, 1.54) is 30.6 Å². The Hall–Kier alpha value is -0.350. The Labute approximate surface area is 115 Å². The van der Waals surface area contributed by atoms with Gasteiger partial charge in [0, 0.05) is 15.3 Å². The first-order chi connectivity index (χ1) is 8.27. The van der Waals surface area contributed by atoms with E-state index in [2.05, 4.69) is 21.2 Å². The molecule has 0 saturated heterocycles. The molecule has 0 unspecified atom stereocenters. The predicted octanol–water partition coefficient (Wildman–Crippen LogP) is 4.10. The van der Waals surface area contributed by atoms with Gasteiger partial charge in [-0.2, -0.15) is 0 Å². The molecule has 1 aromatic rings. The third-order valence-electron chi connectivity index (χ3n) is 3.34. The van der Waals surface area contributed by atoms with Crippen molar-refractivity contribution in [3.63, 3.8) is 0 Å². The maximum absolute atomic E-state index is 12.0. The van der Waals surface area contributed by atoms with Gasteiger partial charge < -0.3 is 5.32 Å². The Morgan fingerprint density at radius 3 is 2.65 bits per heavy atom. The van der Waals surface area contributed by atoms with Crippen LogP contribution in [0.1, 0.15) is 43.4 Å². The van der Waals surface area contributed by atoms with E-state index in [0.717, 1.165) is 17.3 Å². The molecule has 0 aromatic carbocycles. The summed E-state index contributed by atoms with van der Waals surface area (Å²) in [5.74, 6) is 0.489. The van der Waals surface area contributed by atoms with Gasteiger partial charge in [0.2, 0.25) is 5.91 Å². The van der Waals surface area contributed by atoms with Gasteiger partial charge in [-0.15, -0.1) is 11.3 Å². The summed E-state index contributed by atoms with van der Waals surface area (Å²) in [6, 6.07) is 2.03. The van der Waals surface area contributed by atoms with Crippen LogP contribution in [-0.2, 0) is 11.3 Å². The average molecular weight is 316 g/mol. The van der Waals surface area contributed by atoms with E-state index in [1.807, 2.05) is 11.4 Å². The number of hydrogen-bond donors (Lipinski definition) is 1. The van der Waals surface area contributed by atoms with Gasteiger partial charge in [-0.3, -0.25) is 4.79 Å². The van der Waals surface area contributed by atoms with E-state index in [0.29, 0.717) is 6.54 Å². The molecule has 0 atom stereocenters. The van der Waals surface area contributed by atoms with Gasteiger partial charge in [-0.25, -0.2) is 0 Å². The summed E-state index contributed by atoms with van der Waals surface area (Å²) >= 11 is 5.16. The molecule has 2 rings (SSSR count). The maximum Gasteiger partial charge on any atom is 0.223 e. The molecule has 1 N–H and O–H groups in total. The van der Waals surface area contributed by atoms with Gasteiger partial charge >= 0.3 is 0 Å². The Kier molecular flexibility index (Phi) is 5.04. The van der Waals surface area contributed by atoms with Crippen molar-refractivity contribution < 1.29 is 4.79 Å². The minimum absolute atomic E-state index is 0.243. The van der Waals surface area contributed by atoms with Crippen molar-refractivity contribution in [1.29, 1.82) is 0 Å². The van der Waals surface area contributed by atoms with E-state index >= 15 is 0 Å². The lowest BCUT2D eigenvalue weighted by Gasteiger charge is -2.13. The van der Waals surface area contributed by atoms with Crippen molar-refractivity contribution in [3.8, 4) is 0 Å². The number of carbonyl (C=O) groups excluding carboxylic acids is 1. The Morgan fingerprint density at radius 1 is 1.35 bits per heavy atom. The number of amides is 1. The summed E-state index contributed by atoms with van der Waals surface area (Å²) in [5.41, 5.74) is 0. The highest BCUT2D eigenvalue weighted by atomic mass is 79.9. The zero-order valence-corrected chi connectivity index (χ0v) is 12.3. The first-order valence-electron chi connectivity index (χ1n) is 6.27. The van der Waals surface area contributed by atoms with Gasteiger partial charge in [0.25, 0.3) is 0 Å². The highest BCUT2D eigenvalue weighted by molar-refractivity contribution is 9.10. The molecule has 94 valence electrons. The van der Waals surface area contributed by atoms with Crippen LogP contribution in [0.2, 0.25) is 0 Å². The summed E-state index contributed by atoms with van der Waals surface area (Å²) in [6.45, 7) is 0.660. The highest BCUT2D eigenvalue weighted by Gasteiger charge is 2.19. The molecule has 1 heterocycles. The number of rotatable bonds is 3. The minimum Gasteiger partial charge on any atom is -0.351 e. The van der Waals surface area contributed by atoms with Crippen LogP contribution in [0.4, 0.5) is 0 Å². The van der Waals surface area contributed by atoms with Gasteiger partial charge in [0.1, 0.15) is 0 Å². The molecule has 17 heavy (non-hydrogen) atoms. The minimum atomic E-state index is 0.243. The van der Waals surface area contributed by atoms with E-state index in [1.54, 1.807) is 11.3 Å². The molecule has 0 radical (unpaired) electrons. The fourth-order valence-corrected chi connectivity index (χ4v) is 3.74.